The lowest BCUT2D eigenvalue weighted by Gasteiger charge is -2.23. The van der Waals surface area contributed by atoms with Crippen molar-refractivity contribution in [3.8, 4) is 0 Å². The molecule has 1 saturated heterocycles. The van der Waals surface area contributed by atoms with E-state index in [9.17, 15) is 9.59 Å². The lowest BCUT2D eigenvalue weighted by molar-refractivity contribution is -0.135. The van der Waals surface area contributed by atoms with E-state index in [1.807, 2.05) is 0 Å². The van der Waals surface area contributed by atoms with E-state index in [4.69, 9.17) is 9.47 Å². The van der Waals surface area contributed by atoms with Crippen LogP contribution in [0.2, 0.25) is 0 Å². The SMILES string of the molecule is C[C@H](OC[C@@H]1CCCCO1)C(=O)NCCC(=O)Nc1ccccn1. The van der Waals surface area contributed by atoms with Crippen LogP contribution in [0.25, 0.3) is 0 Å². The van der Waals surface area contributed by atoms with Crippen molar-refractivity contribution in [3.05, 3.63) is 24.4 Å². The Hall–Kier alpha value is -1.99. The Bertz CT molecular complexity index is 518. The van der Waals surface area contributed by atoms with Gasteiger partial charge in [-0.3, -0.25) is 9.59 Å². The molecule has 2 N–H and O–H groups in total. The summed E-state index contributed by atoms with van der Waals surface area (Å²) in [6, 6.07) is 5.27. The molecule has 0 spiro atoms. The minimum absolute atomic E-state index is 0.0816. The molecule has 0 aromatic carbocycles. The van der Waals surface area contributed by atoms with Crippen molar-refractivity contribution >= 4 is 17.6 Å². The monoisotopic (exact) mass is 335 g/mol. The second-order valence-electron chi connectivity index (χ2n) is 5.77. The standard InChI is InChI=1S/C17H25N3O4/c1-13(24-12-14-6-3-5-11-23-14)17(22)19-10-8-16(21)20-15-7-2-4-9-18-15/h2,4,7,9,13-14H,3,5-6,8,10-12H2,1H3,(H,19,22)(H,18,20,21)/t13-,14-/m0/s1. The van der Waals surface area contributed by atoms with Crippen molar-refractivity contribution in [1.29, 1.82) is 0 Å². The van der Waals surface area contributed by atoms with Crippen molar-refractivity contribution in [2.24, 2.45) is 0 Å². The van der Waals surface area contributed by atoms with Crippen LogP contribution in [0.1, 0.15) is 32.6 Å². The van der Waals surface area contributed by atoms with Gasteiger partial charge in [-0.1, -0.05) is 6.07 Å². The van der Waals surface area contributed by atoms with Gasteiger partial charge >= 0.3 is 0 Å². The van der Waals surface area contributed by atoms with Crippen LogP contribution in [0.5, 0.6) is 0 Å². The van der Waals surface area contributed by atoms with Gasteiger partial charge in [0.1, 0.15) is 11.9 Å². The molecule has 0 aliphatic carbocycles. The molecule has 1 aliphatic heterocycles. The molecule has 1 aliphatic rings. The van der Waals surface area contributed by atoms with E-state index < -0.39 is 6.10 Å². The summed E-state index contributed by atoms with van der Waals surface area (Å²) < 4.78 is 11.1. The Labute approximate surface area is 142 Å². The first-order chi connectivity index (χ1) is 11.6. The zero-order valence-electron chi connectivity index (χ0n) is 14.0. The molecule has 0 saturated carbocycles. The number of nitrogens with zero attached hydrogens (tertiary/aromatic N) is 1. The first-order valence-corrected chi connectivity index (χ1v) is 8.37. The van der Waals surface area contributed by atoms with Crippen molar-refractivity contribution < 1.29 is 19.1 Å². The highest BCUT2D eigenvalue weighted by atomic mass is 16.5. The number of nitrogens with one attached hydrogen (secondary N) is 2. The average Bonchev–Trinajstić information content (AvgIpc) is 2.61. The van der Waals surface area contributed by atoms with Crippen molar-refractivity contribution in [1.82, 2.24) is 10.3 Å². The Morgan fingerprint density at radius 3 is 3.00 bits per heavy atom. The third kappa shape index (κ3) is 6.64. The molecule has 7 heteroatoms. The number of hydrogen-bond donors (Lipinski definition) is 2. The molecule has 0 unspecified atom stereocenters. The molecule has 2 rings (SSSR count). The number of ether oxygens (including phenoxy) is 2. The van der Waals surface area contributed by atoms with Gasteiger partial charge in [-0.25, -0.2) is 4.98 Å². The molecule has 2 heterocycles. The van der Waals surface area contributed by atoms with Gasteiger partial charge in [0.15, 0.2) is 0 Å². The minimum Gasteiger partial charge on any atom is -0.376 e. The maximum atomic E-state index is 11.9. The fraction of sp³-hybridized carbons (Fsp3) is 0.588. The Balaban J connectivity index is 1.58. The number of aromatic nitrogens is 1. The summed E-state index contributed by atoms with van der Waals surface area (Å²) in [5.41, 5.74) is 0. The number of carbonyl (C=O) groups is 2. The van der Waals surface area contributed by atoms with Gasteiger partial charge in [-0.15, -0.1) is 0 Å². The van der Waals surface area contributed by atoms with Crippen LogP contribution < -0.4 is 10.6 Å². The largest absolute Gasteiger partial charge is 0.376 e. The fourth-order valence-electron chi connectivity index (χ4n) is 2.35. The lowest BCUT2D eigenvalue weighted by atomic mass is 10.1. The molecule has 132 valence electrons. The fourth-order valence-corrected chi connectivity index (χ4v) is 2.35. The van der Waals surface area contributed by atoms with Crippen LogP contribution >= 0.6 is 0 Å². The summed E-state index contributed by atoms with van der Waals surface area (Å²) in [4.78, 5) is 27.7. The number of carbonyl (C=O) groups excluding carboxylic acids is 2. The van der Waals surface area contributed by atoms with E-state index in [-0.39, 0.29) is 30.9 Å². The van der Waals surface area contributed by atoms with Gasteiger partial charge in [0.2, 0.25) is 11.8 Å². The van der Waals surface area contributed by atoms with Gasteiger partial charge < -0.3 is 20.1 Å². The van der Waals surface area contributed by atoms with Crippen molar-refractivity contribution in [2.75, 3.05) is 25.1 Å². The first kappa shape index (κ1) is 18.4. The average molecular weight is 335 g/mol. The summed E-state index contributed by atoms with van der Waals surface area (Å²) in [5, 5.41) is 5.36. The number of pyridine rings is 1. The van der Waals surface area contributed by atoms with E-state index in [1.54, 1.807) is 31.3 Å². The molecular formula is C17H25N3O4. The minimum atomic E-state index is -0.561. The number of amides is 2. The first-order valence-electron chi connectivity index (χ1n) is 8.37. The third-order valence-corrected chi connectivity index (χ3v) is 3.76. The van der Waals surface area contributed by atoms with Crippen molar-refractivity contribution in [3.63, 3.8) is 0 Å². The smallest absolute Gasteiger partial charge is 0.248 e. The quantitative estimate of drug-likeness (QED) is 0.751. The predicted octanol–water partition coefficient (Wildman–Crippen LogP) is 1.50. The highest BCUT2D eigenvalue weighted by molar-refractivity contribution is 5.90. The van der Waals surface area contributed by atoms with Crippen LogP contribution in [0.3, 0.4) is 0 Å². The van der Waals surface area contributed by atoms with Crippen LogP contribution in [0.15, 0.2) is 24.4 Å². The highest BCUT2D eigenvalue weighted by Gasteiger charge is 2.18. The molecule has 0 bridgehead atoms. The Morgan fingerprint density at radius 1 is 1.42 bits per heavy atom. The van der Waals surface area contributed by atoms with Gasteiger partial charge in [0.25, 0.3) is 0 Å². The van der Waals surface area contributed by atoms with E-state index >= 15 is 0 Å². The zero-order valence-corrected chi connectivity index (χ0v) is 14.0. The maximum Gasteiger partial charge on any atom is 0.248 e. The lowest BCUT2D eigenvalue weighted by Crippen LogP contribution is -2.38. The molecule has 2 amide bonds. The molecule has 1 aromatic heterocycles. The number of anilines is 1. The summed E-state index contributed by atoms with van der Waals surface area (Å²) in [7, 11) is 0. The molecule has 7 nitrogen and oxygen atoms in total. The number of rotatable bonds is 8. The van der Waals surface area contributed by atoms with Crippen LogP contribution in [-0.4, -0.2) is 48.8 Å². The molecule has 1 fully saturated rings. The summed E-state index contributed by atoms with van der Waals surface area (Å²) in [5.74, 6) is 0.0765. The summed E-state index contributed by atoms with van der Waals surface area (Å²) >= 11 is 0. The topological polar surface area (TPSA) is 89.5 Å². The van der Waals surface area contributed by atoms with Gasteiger partial charge in [-0.2, -0.15) is 0 Å². The second-order valence-corrected chi connectivity index (χ2v) is 5.77. The van der Waals surface area contributed by atoms with E-state index in [1.165, 1.54) is 0 Å². The second kappa shape index (κ2) is 10.00. The molecule has 24 heavy (non-hydrogen) atoms. The summed E-state index contributed by atoms with van der Waals surface area (Å²) in [6.45, 7) is 3.14. The van der Waals surface area contributed by atoms with Gasteiger partial charge in [0, 0.05) is 25.8 Å². The summed E-state index contributed by atoms with van der Waals surface area (Å²) in [6.07, 6.45) is 4.51. The third-order valence-electron chi connectivity index (χ3n) is 3.76. The zero-order chi connectivity index (χ0) is 17.2. The highest BCUT2D eigenvalue weighted by Crippen LogP contribution is 2.13. The van der Waals surface area contributed by atoms with Gasteiger partial charge in [0.05, 0.1) is 12.7 Å². The van der Waals surface area contributed by atoms with E-state index in [0.29, 0.717) is 12.4 Å². The van der Waals surface area contributed by atoms with E-state index in [2.05, 4.69) is 15.6 Å². The van der Waals surface area contributed by atoms with Crippen LogP contribution in [-0.2, 0) is 19.1 Å². The van der Waals surface area contributed by atoms with Crippen LogP contribution in [0, 0.1) is 0 Å². The number of hydrogen-bond acceptors (Lipinski definition) is 5. The van der Waals surface area contributed by atoms with E-state index in [0.717, 1.165) is 25.9 Å². The molecule has 1 aromatic rings. The van der Waals surface area contributed by atoms with Crippen LogP contribution in [0.4, 0.5) is 5.82 Å². The van der Waals surface area contributed by atoms with Gasteiger partial charge in [-0.05, 0) is 38.3 Å². The van der Waals surface area contributed by atoms with Crippen molar-refractivity contribution in [2.45, 2.75) is 44.8 Å². The molecular weight excluding hydrogens is 310 g/mol. The predicted molar refractivity (Wildman–Crippen MR) is 89.5 cm³/mol. The molecule has 2 atom stereocenters. The Kier molecular flexibility index (Phi) is 7.64. The normalized spacial score (nSPS) is 18.6. The molecule has 0 radical (unpaired) electrons. The Morgan fingerprint density at radius 2 is 2.29 bits per heavy atom. The maximum absolute atomic E-state index is 11.9.